The molecule has 1 amide bonds. The minimum absolute atomic E-state index is 0.250. The van der Waals surface area contributed by atoms with Crippen molar-refractivity contribution < 1.29 is 13.9 Å². The number of ether oxygens (including phenoxy) is 1. The van der Waals surface area contributed by atoms with Gasteiger partial charge in [-0.15, -0.1) is 0 Å². The molecule has 0 aromatic carbocycles. The Morgan fingerprint density at radius 2 is 1.55 bits per heavy atom. The predicted octanol–water partition coefficient (Wildman–Crippen LogP) is 3.32. The van der Waals surface area contributed by atoms with E-state index in [0.717, 1.165) is 31.6 Å². The molecule has 2 rings (SSSR count). The van der Waals surface area contributed by atoms with Crippen LogP contribution in [0, 0.1) is 5.92 Å². The lowest BCUT2D eigenvalue weighted by Gasteiger charge is -2.37. The van der Waals surface area contributed by atoms with Gasteiger partial charge in [0.1, 0.15) is 0 Å². The molecule has 1 aliphatic carbocycles. The SMILES string of the molecule is CC1CCC(OC2CCN(C(=O)C(C)(C)F)CC2)CC1. The van der Waals surface area contributed by atoms with Crippen LogP contribution in [0.5, 0.6) is 0 Å². The molecule has 1 aliphatic heterocycles. The number of amides is 1. The Kier molecular flexibility index (Phi) is 5.05. The van der Waals surface area contributed by atoms with Crippen LogP contribution in [-0.4, -0.2) is 41.8 Å². The zero-order valence-electron chi connectivity index (χ0n) is 13.0. The maximum Gasteiger partial charge on any atom is 0.259 e. The van der Waals surface area contributed by atoms with Crippen LogP contribution in [0.15, 0.2) is 0 Å². The van der Waals surface area contributed by atoms with Gasteiger partial charge in [-0.1, -0.05) is 6.92 Å². The van der Waals surface area contributed by atoms with Gasteiger partial charge in [-0.25, -0.2) is 4.39 Å². The average Bonchev–Trinajstić information content (AvgIpc) is 2.40. The van der Waals surface area contributed by atoms with Gasteiger partial charge in [0.25, 0.3) is 5.91 Å². The van der Waals surface area contributed by atoms with E-state index in [2.05, 4.69) is 6.92 Å². The van der Waals surface area contributed by atoms with Crippen molar-refractivity contribution >= 4 is 5.91 Å². The highest BCUT2D eigenvalue weighted by molar-refractivity contribution is 5.84. The molecule has 20 heavy (non-hydrogen) atoms. The zero-order valence-corrected chi connectivity index (χ0v) is 13.0. The van der Waals surface area contributed by atoms with Crippen LogP contribution >= 0.6 is 0 Å². The summed E-state index contributed by atoms with van der Waals surface area (Å²) in [6.45, 7) is 6.22. The lowest BCUT2D eigenvalue weighted by atomic mass is 9.88. The molecule has 1 saturated carbocycles. The van der Waals surface area contributed by atoms with Crippen LogP contribution < -0.4 is 0 Å². The first kappa shape index (κ1) is 15.7. The lowest BCUT2D eigenvalue weighted by Crippen LogP contribution is -2.48. The number of hydrogen-bond acceptors (Lipinski definition) is 2. The first-order valence-electron chi connectivity index (χ1n) is 8.00. The molecule has 0 unspecified atom stereocenters. The summed E-state index contributed by atoms with van der Waals surface area (Å²) in [7, 11) is 0. The number of likely N-dealkylation sites (tertiary alicyclic amines) is 1. The summed E-state index contributed by atoms with van der Waals surface area (Å²) in [5.41, 5.74) is -1.76. The van der Waals surface area contributed by atoms with Gasteiger partial charge >= 0.3 is 0 Å². The summed E-state index contributed by atoms with van der Waals surface area (Å²) >= 11 is 0. The highest BCUT2D eigenvalue weighted by Gasteiger charge is 2.34. The quantitative estimate of drug-likeness (QED) is 0.796. The average molecular weight is 285 g/mol. The molecule has 0 bridgehead atoms. The van der Waals surface area contributed by atoms with Crippen molar-refractivity contribution in [2.75, 3.05) is 13.1 Å². The third-order valence-corrected chi connectivity index (χ3v) is 4.59. The molecular weight excluding hydrogens is 257 g/mol. The second-order valence-corrected chi connectivity index (χ2v) is 6.98. The van der Waals surface area contributed by atoms with Gasteiger partial charge in [0.05, 0.1) is 12.2 Å². The van der Waals surface area contributed by atoms with Crippen molar-refractivity contribution in [3.8, 4) is 0 Å². The van der Waals surface area contributed by atoms with Crippen molar-refractivity contribution in [1.82, 2.24) is 4.90 Å². The van der Waals surface area contributed by atoms with Gasteiger partial charge in [0.2, 0.25) is 0 Å². The summed E-state index contributed by atoms with van der Waals surface area (Å²) < 4.78 is 19.8. The molecule has 0 radical (unpaired) electrons. The van der Waals surface area contributed by atoms with E-state index in [1.165, 1.54) is 26.7 Å². The summed E-state index contributed by atoms with van der Waals surface area (Å²) in [6, 6.07) is 0. The fourth-order valence-electron chi connectivity index (χ4n) is 3.21. The number of carbonyl (C=O) groups excluding carboxylic acids is 1. The van der Waals surface area contributed by atoms with Crippen LogP contribution in [-0.2, 0) is 9.53 Å². The van der Waals surface area contributed by atoms with Gasteiger partial charge in [0.15, 0.2) is 5.67 Å². The summed E-state index contributed by atoms with van der Waals surface area (Å²) in [4.78, 5) is 13.5. The normalized spacial score (nSPS) is 29.5. The topological polar surface area (TPSA) is 29.5 Å². The van der Waals surface area contributed by atoms with E-state index in [-0.39, 0.29) is 12.0 Å². The predicted molar refractivity (Wildman–Crippen MR) is 77.3 cm³/mol. The van der Waals surface area contributed by atoms with Crippen LogP contribution in [0.1, 0.15) is 59.3 Å². The standard InChI is InChI=1S/C16H28FNO2/c1-12-4-6-13(7-5-12)20-14-8-10-18(11-9-14)15(19)16(2,3)17/h12-14H,4-11H2,1-3H3. The number of carbonyl (C=O) groups is 1. The Morgan fingerprint density at radius 3 is 2.05 bits per heavy atom. The van der Waals surface area contributed by atoms with Crippen molar-refractivity contribution in [3.63, 3.8) is 0 Å². The zero-order chi connectivity index (χ0) is 14.8. The van der Waals surface area contributed by atoms with E-state index in [0.29, 0.717) is 19.2 Å². The first-order chi connectivity index (χ1) is 9.36. The maximum atomic E-state index is 13.7. The second-order valence-electron chi connectivity index (χ2n) is 6.98. The fourth-order valence-corrected chi connectivity index (χ4v) is 3.21. The number of alkyl halides is 1. The number of piperidine rings is 1. The van der Waals surface area contributed by atoms with E-state index < -0.39 is 5.67 Å². The monoisotopic (exact) mass is 285 g/mol. The third kappa shape index (κ3) is 4.18. The van der Waals surface area contributed by atoms with E-state index in [1.807, 2.05) is 0 Å². The smallest absolute Gasteiger partial charge is 0.259 e. The Balaban J connectivity index is 1.73. The molecule has 1 saturated heterocycles. The molecule has 0 aromatic rings. The number of rotatable bonds is 3. The van der Waals surface area contributed by atoms with Gasteiger partial charge in [-0.3, -0.25) is 4.79 Å². The van der Waals surface area contributed by atoms with Crippen molar-refractivity contribution in [3.05, 3.63) is 0 Å². The van der Waals surface area contributed by atoms with Crippen LogP contribution in [0.4, 0.5) is 4.39 Å². The number of halogens is 1. The van der Waals surface area contributed by atoms with Crippen molar-refractivity contribution in [2.24, 2.45) is 5.92 Å². The van der Waals surface area contributed by atoms with Crippen LogP contribution in [0.2, 0.25) is 0 Å². The third-order valence-electron chi connectivity index (χ3n) is 4.59. The molecule has 3 nitrogen and oxygen atoms in total. The Hall–Kier alpha value is -0.640. The molecular formula is C16H28FNO2. The van der Waals surface area contributed by atoms with Gasteiger partial charge in [0, 0.05) is 13.1 Å². The molecule has 0 N–H and O–H groups in total. The summed E-state index contributed by atoms with van der Waals surface area (Å²) in [6.07, 6.45) is 7.18. The largest absolute Gasteiger partial charge is 0.375 e. The molecule has 0 aromatic heterocycles. The van der Waals surface area contributed by atoms with Gasteiger partial charge in [-0.2, -0.15) is 0 Å². The van der Waals surface area contributed by atoms with Gasteiger partial charge < -0.3 is 9.64 Å². The van der Waals surface area contributed by atoms with Gasteiger partial charge in [-0.05, 0) is 58.3 Å². The van der Waals surface area contributed by atoms with E-state index in [9.17, 15) is 9.18 Å². The van der Waals surface area contributed by atoms with Crippen LogP contribution in [0.25, 0.3) is 0 Å². The molecule has 0 spiro atoms. The Morgan fingerprint density at radius 1 is 1.05 bits per heavy atom. The summed E-state index contributed by atoms with van der Waals surface area (Å²) in [5, 5.41) is 0. The highest BCUT2D eigenvalue weighted by Crippen LogP contribution is 2.28. The Labute approximate surface area is 121 Å². The lowest BCUT2D eigenvalue weighted by molar-refractivity contribution is -0.145. The van der Waals surface area contributed by atoms with E-state index >= 15 is 0 Å². The minimum Gasteiger partial charge on any atom is -0.375 e. The van der Waals surface area contributed by atoms with E-state index in [4.69, 9.17) is 4.74 Å². The molecule has 0 atom stereocenters. The second kappa shape index (κ2) is 6.42. The Bertz CT molecular complexity index is 324. The van der Waals surface area contributed by atoms with Crippen molar-refractivity contribution in [2.45, 2.75) is 77.2 Å². The first-order valence-corrected chi connectivity index (χ1v) is 8.00. The number of hydrogen-bond donors (Lipinski definition) is 0. The molecule has 4 heteroatoms. The molecule has 116 valence electrons. The minimum atomic E-state index is -1.76. The fraction of sp³-hybridized carbons (Fsp3) is 0.938. The summed E-state index contributed by atoms with van der Waals surface area (Å²) in [5.74, 6) is 0.448. The number of nitrogens with zero attached hydrogens (tertiary/aromatic N) is 1. The molecule has 2 fully saturated rings. The molecule has 2 aliphatic rings. The molecule has 1 heterocycles. The van der Waals surface area contributed by atoms with Crippen LogP contribution in [0.3, 0.4) is 0 Å². The van der Waals surface area contributed by atoms with E-state index in [1.54, 1.807) is 4.90 Å². The van der Waals surface area contributed by atoms with Crippen molar-refractivity contribution in [1.29, 1.82) is 0 Å². The maximum absolute atomic E-state index is 13.7. The highest BCUT2D eigenvalue weighted by atomic mass is 19.1.